The number of fused-ring (bicyclic) bond motifs is 2. The quantitative estimate of drug-likeness (QED) is 0.0616. The number of hydrogen-bond donors (Lipinski definition) is 4. The fourth-order valence-electron chi connectivity index (χ4n) is 11.5. The number of piperazine rings is 2. The summed E-state index contributed by atoms with van der Waals surface area (Å²) in [5, 5.41) is 45.9. The zero-order valence-corrected chi connectivity index (χ0v) is 55.2. The number of nitriles is 2. The first kappa shape index (κ1) is 69.5. The number of carbonyl (C=O) groups excluding carboxylic acids is 4. The fourth-order valence-corrected chi connectivity index (χ4v) is 11.5. The number of aromatic nitrogens is 6. The smallest absolute Gasteiger partial charge is 0.488 e. The lowest BCUT2D eigenvalue weighted by Crippen LogP contribution is -2.55. The molecule has 6 heterocycles. The minimum Gasteiger partial charge on any atom is -0.497 e. The summed E-state index contributed by atoms with van der Waals surface area (Å²) in [6.07, 6.45) is 5.80. The molecule has 506 valence electrons. The van der Waals surface area contributed by atoms with Crippen molar-refractivity contribution in [3.63, 3.8) is 0 Å². The molecule has 2 aliphatic heterocycles. The summed E-state index contributed by atoms with van der Waals surface area (Å²) in [6.45, 7) is 2.37. The fraction of sp³-hybridized carbons (Fsp3) is 0.184. The van der Waals surface area contributed by atoms with Gasteiger partial charge in [0.15, 0.2) is 11.6 Å². The molecular formula is C76H69BN14O10. The standard InChI is InChI=1S/2C35H31N7O4.C6H7BO2/c2*1-45-28-19-26-9-5-6-10-29(26)30(20-28)39-34(43)31-21-32(40-33(38-31)25-12-15-37-16-13-25)41-17-18-42(27(22-41)11-14-36)35(44)46-23-24-7-3-2-4-8-24;8-7(9)6-4-2-1-3-5-6/h2*2-10,12-13,15-16,19-21,27H,11,17-18,22-23H2,1H3,(H,39,43);1-5,8-9H/t2*27-;/m00./s1. The van der Waals surface area contributed by atoms with Crippen LogP contribution >= 0.6 is 0 Å². The molecule has 0 aliphatic carbocycles. The third-order valence-corrected chi connectivity index (χ3v) is 16.7. The Bertz CT molecular complexity index is 4480. The van der Waals surface area contributed by atoms with Gasteiger partial charge in [-0.15, -0.1) is 0 Å². The molecule has 4 aromatic heterocycles. The van der Waals surface area contributed by atoms with Crippen molar-refractivity contribution in [2.45, 2.75) is 38.1 Å². The molecule has 13 rings (SSSR count). The third-order valence-electron chi connectivity index (χ3n) is 16.7. The highest BCUT2D eigenvalue weighted by atomic mass is 16.6. The monoisotopic (exact) mass is 1350 g/mol. The van der Waals surface area contributed by atoms with E-state index in [0.29, 0.717) is 102 Å². The number of hydrogen-bond acceptors (Lipinski definition) is 20. The lowest BCUT2D eigenvalue weighted by Gasteiger charge is -2.40. The van der Waals surface area contributed by atoms with Crippen LogP contribution in [0.4, 0.5) is 32.6 Å². The maximum Gasteiger partial charge on any atom is 0.488 e. The highest BCUT2D eigenvalue weighted by Gasteiger charge is 2.35. The van der Waals surface area contributed by atoms with Crippen molar-refractivity contribution in [1.29, 1.82) is 10.5 Å². The Morgan fingerprint density at radius 1 is 0.495 bits per heavy atom. The van der Waals surface area contributed by atoms with Crippen molar-refractivity contribution in [1.82, 2.24) is 39.7 Å². The molecule has 0 bridgehead atoms. The SMILES string of the molecule is COc1cc(NC(=O)c2cc(N3CCN(C(=O)OCc4ccccc4)[C@@H](CC#N)C3)nc(-c3ccncc3)n2)c2ccccc2c1.COc1cc(NC(=O)c2cc(N3CCN(C(=O)OCc4ccccc4)[C@@H](CC#N)C3)nc(-c3ccncc3)n2)c2ccccc2c1.OB(O)c1ccccc1. The first-order valence-corrected chi connectivity index (χ1v) is 32.3. The van der Waals surface area contributed by atoms with E-state index in [1.54, 1.807) is 122 Å². The van der Waals surface area contributed by atoms with Crippen molar-refractivity contribution in [3.8, 4) is 46.4 Å². The molecule has 11 aromatic rings. The lowest BCUT2D eigenvalue weighted by molar-refractivity contribution is 0.0761. The average Bonchev–Trinajstić information content (AvgIpc) is 0.800. The second kappa shape index (κ2) is 33.9. The first-order chi connectivity index (χ1) is 49.3. The van der Waals surface area contributed by atoms with Gasteiger partial charge in [0.1, 0.15) is 47.7 Å². The van der Waals surface area contributed by atoms with Crippen molar-refractivity contribution >= 4 is 81.1 Å². The van der Waals surface area contributed by atoms with Gasteiger partial charge in [0, 0.05) is 110 Å². The van der Waals surface area contributed by atoms with E-state index in [4.69, 9.17) is 39.0 Å². The molecule has 2 aliphatic rings. The van der Waals surface area contributed by atoms with E-state index in [1.807, 2.05) is 137 Å². The Kier molecular flexibility index (Phi) is 23.3. The third kappa shape index (κ3) is 18.0. The van der Waals surface area contributed by atoms with Crippen LogP contribution in [-0.2, 0) is 22.7 Å². The van der Waals surface area contributed by atoms with Crippen LogP contribution in [0.25, 0.3) is 44.3 Å². The molecule has 0 saturated carbocycles. The van der Waals surface area contributed by atoms with Crippen LogP contribution in [0.1, 0.15) is 44.9 Å². The summed E-state index contributed by atoms with van der Waals surface area (Å²) in [5.74, 6) is 2.08. The second-order valence-corrected chi connectivity index (χ2v) is 23.2. The maximum absolute atomic E-state index is 13.8. The molecule has 101 heavy (non-hydrogen) atoms. The van der Waals surface area contributed by atoms with Crippen LogP contribution in [0.5, 0.6) is 11.5 Å². The molecule has 24 nitrogen and oxygen atoms in total. The number of nitrogens with one attached hydrogen (secondary N) is 2. The first-order valence-electron chi connectivity index (χ1n) is 32.3. The molecule has 2 atom stereocenters. The van der Waals surface area contributed by atoms with E-state index in [2.05, 4.69) is 42.7 Å². The van der Waals surface area contributed by atoms with Gasteiger partial charge < -0.3 is 59.2 Å². The summed E-state index contributed by atoms with van der Waals surface area (Å²) in [5.41, 5.74) is 5.15. The Labute approximate surface area is 582 Å². The zero-order valence-electron chi connectivity index (χ0n) is 55.2. The number of rotatable bonds is 17. The topological polar surface area (TPSA) is 308 Å². The molecule has 0 unspecified atom stereocenters. The molecule has 2 fully saturated rings. The second-order valence-electron chi connectivity index (χ2n) is 23.2. The van der Waals surface area contributed by atoms with E-state index >= 15 is 0 Å². The Morgan fingerprint density at radius 3 is 1.26 bits per heavy atom. The van der Waals surface area contributed by atoms with E-state index in [-0.39, 0.29) is 37.4 Å². The van der Waals surface area contributed by atoms with Crippen molar-refractivity contribution in [2.24, 2.45) is 0 Å². The number of methoxy groups -OCH3 is 2. The van der Waals surface area contributed by atoms with Crippen LogP contribution in [0, 0.1) is 22.7 Å². The summed E-state index contributed by atoms with van der Waals surface area (Å²) in [6, 6.07) is 64.2. The average molecular weight is 1350 g/mol. The number of carbonyl (C=O) groups is 4. The number of anilines is 4. The minimum atomic E-state index is -1.34. The Hall–Kier alpha value is -12.8. The van der Waals surface area contributed by atoms with Gasteiger partial charge in [0.25, 0.3) is 11.8 Å². The molecule has 4 amide bonds. The van der Waals surface area contributed by atoms with Gasteiger partial charge in [-0.1, -0.05) is 140 Å². The predicted octanol–water partition coefficient (Wildman–Crippen LogP) is 10.8. The van der Waals surface area contributed by atoms with Gasteiger partial charge in [0.2, 0.25) is 0 Å². The highest BCUT2D eigenvalue weighted by Crippen LogP contribution is 2.33. The van der Waals surface area contributed by atoms with E-state index in [9.17, 15) is 29.7 Å². The van der Waals surface area contributed by atoms with E-state index in [1.165, 1.54) is 0 Å². The molecule has 0 radical (unpaired) electrons. The molecule has 2 saturated heterocycles. The van der Waals surface area contributed by atoms with Crippen LogP contribution in [0.2, 0.25) is 0 Å². The lowest BCUT2D eigenvalue weighted by atomic mass is 9.81. The molecule has 25 heteroatoms. The van der Waals surface area contributed by atoms with Gasteiger partial charge >= 0.3 is 19.3 Å². The van der Waals surface area contributed by atoms with Crippen LogP contribution < -0.4 is 35.4 Å². The van der Waals surface area contributed by atoms with Gasteiger partial charge in [-0.25, -0.2) is 29.5 Å². The number of amides is 4. The summed E-state index contributed by atoms with van der Waals surface area (Å²) < 4.78 is 22.1. The van der Waals surface area contributed by atoms with Crippen molar-refractivity contribution in [2.75, 3.05) is 73.9 Å². The van der Waals surface area contributed by atoms with Gasteiger partial charge in [0.05, 0.1) is 62.7 Å². The van der Waals surface area contributed by atoms with Gasteiger partial charge in [-0.2, -0.15) is 10.5 Å². The molecule has 4 N–H and O–H groups in total. The van der Waals surface area contributed by atoms with Gasteiger partial charge in [-0.05, 0) is 63.8 Å². The normalized spacial score (nSPS) is 13.9. The van der Waals surface area contributed by atoms with Crippen molar-refractivity contribution < 1.29 is 48.2 Å². The summed E-state index contributed by atoms with van der Waals surface area (Å²) in [4.78, 5) is 87.9. The summed E-state index contributed by atoms with van der Waals surface area (Å²) in [7, 11) is 1.82. The Morgan fingerprint density at radius 2 is 0.881 bits per heavy atom. The predicted molar refractivity (Wildman–Crippen MR) is 383 cm³/mol. The molecule has 7 aromatic carbocycles. The molecule has 0 spiro atoms. The van der Waals surface area contributed by atoms with Crippen molar-refractivity contribution in [3.05, 3.63) is 247 Å². The van der Waals surface area contributed by atoms with Crippen LogP contribution in [-0.4, -0.2) is 146 Å². The number of nitrogens with zero attached hydrogens (tertiary/aromatic N) is 12. The minimum absolute atomic E-state index is 0.107. The maximum atomic E-state index is 13.8. The van der Waals surface area contributed by atoms with Gasteiger partial charge in [-0.3, -0.25) is 19.6 Å². The highest BCUT2D eigenvalue weighted by molar-refractivity contribution is 6.58. The number of benzene rings is 7. The number of ether oxygens (including phenoxy) is 4. The number of pyridine rings is 2. The zero-order chi connectivity index (χ0) is 70.5. The molecular weight excluding hydrogens is 1280 g/mol. The summed E-state index contributed by atoms with van der Waals surface area (Å²) >= 11 is 0. The Balaban J connectivity index is 0.000000181. The van der Waals surface area contributed by atoms with Crippen LogP contribution in [0.3, 0.4) is 0 Å². The van der Waals surface area contributed by atoms with E-state index in [0.717, 1.165) is 32.7 Å². The van der Waals surface area contributed by atoms with Crippen LogP contribution in [0.15, 0.2) is 225 Å². The van der Waals surface area contributed by atoms with E-state index < -0.39 is 43.2 Å². The largest absolute Gasteiger partial charge is 0.497 e.